The quantitative estimate of drug-likeness (QED) is 0.246. The second-order valence-electron chi connectivity index (χ2n) is 6.03. The molecule has 0 aliphatic carbocycles. The van der Waals surface area contributed by atoms with Gasteiger partial charge in [-0.15, -0.1) is 23.5 Å². The van der Waals surface area contributed by atoms with Gasteiger partial charge in [0.25, 0.3) is 0 Å². The maximum absolute atomic E-state index is 13.2. The largest absolute Gasteiger partial charge is 0.299 e. The summed E-state index contributed by atoms with van der Waals surface area (Å²) in [6, 6.07) is 17.0. The summed E-state index contributed by atoms with van der Waals surface area (Å²) in [6.45, 7) is 2.88. The molecule has 0 fully saturated rings. The van der Waals surface area contributed by atoms with E-state index in [1.54, 1.807) is 60.7 Å². The molecule has 0 aromatic heterocycles. The molecule has 4 nitrogen and oxygen atoms in total. The van der Waals surface area contributed by atoms with Crippen LogP contribution in [0.25, 0.3) is 0 Å². The van der Waals surface area contributed by atoms with Crippen molar-refractivity contribution in [3.63, 3.8) is 0 Å². The Balaban J connectivity index is 2.57. The van der Waals surface area contributed by atoms with Crippen molar-refractivity contribution >= 4 is 46.7 Å². The Labute approximate surface area is 172 Å². The van der Waals surface area contributed by atoms with E-state index < -0.39 is 11.6 Å². The van der Waals surface area contributed by atoms with Gasteiger partial charge in [0.1, 0.15) is 11.6 Å². The molecule has 2 aromatic carbocycles. The first-order chi connectivity index (χ1) is 13.4. The van der Waals surface area contributed by atoms with E-state index in [0.29, 0.717) is 15.4 Å². The predicted octanol–water partition coefficient (Wildman–Crippen LogP) is 4.61. The molecule has 0 bridgehead atoms. The van der Waals surface area contributed by atoms with Gasteiger partial charge in [-0.3, -0.25) is 19.2 Å². The molecule has 0 spiro atoms. The van der Waals surface area contributed by atoms with Crippen LogP contribution < -0.4 is 0 Å². The highest BCUT2D eigenvalue weighted by Gasteiger charge is 2.26. The number of hydrogen-bond acceptors (Lipinski definition) is 6. The second kappa shape index (κ2) is 10.8. The first kappa shape index (κ1) is 21.9. The number of hydrogen-bond donors (Lipinski definition) is 0. The van der Waals surface area contributed by atoms with Crippen LogP contribution in [0.4, 0.5) is 0 Å². The summed E-state index contributed by atoms with van der Waals surface area (Å²) < 4.78 is 0.396. The van der Waals surface area contributed by atoms with Crippen molar-refractivity contribution in [2.75, 3.05) is 11.5 Å². The smallest absolute Gasteiger partial charge is 0.198 e. The first-order valence-corrected chi connectivity index (χ1v) is 10.6. The van der Waals surface area contributed by atoms with E-state index in [9.17, 15) is 19.2 Å². The summed E-state index contributed by atoms with van der Waals surface area (Å²) in [5.74, 6) is -0.760. The van der Waals surface area contributed by atoms with Crippen molar-refractivity contribution in [1.29, 1.82) is 0 Å². The molecule has 0 aliphatic rings. The van der Waals surface area contributed by atoms with E-state index in [0.717, 1.165) is 23.5 Å². The molecule has 0 heterocycles. The minimum atomic E-state index is -0.420. The Hall–Kier alpha value is -2.44. The molecule has 0 radical (unpaired) electrons. The van der Waals surface area contributed by atoms with Gasteiger partial charge in [-0.05, 0) is 13.8 Å². The summed E-state index contributed by atoms with van der Waals surface area (Å²) in [5, 5.41) is 0. The van der Waals surface area contributed by atoms with E-state index in [2.05, 4.69) is 0 Å². The molecule has 2 rings (SSSR count). The predicted molar refractivity (Wildman–Crippen MR) is 115 cm³/mol. The van der Waals surface area contributed by atoms with Gasteiger partial charge < -0.3 is 0 Å². The molecule has 28 heavy (non-hydrogen) atoms. The van der Waals surface area contributed by atoms with Gasteiger partial charge in [-0.1, -0.05) is 60.7 Å². The zero-order chi connectivity index (χ0) is 20.5. The summed E-state index contributed by atoms with van der Waals surface area (Å²) in [6.07, 6.45) is 0. The highest BCUT2D eigenvalue weighted by molar-refractivity contribution is 8.22. The van der Waals surface area contributed by atoms with Crippen LogP contribution >= 0.6 is 23.5 Å². The lowest BCUT2D eigenvalue weighted by Gasteiger charge is -2.13. The third-order valence-electron chi connectivity index (χ3n) is 3.54. The van der Waals surface area contributed by atoms with Gasteiger partial charge in [-0.25, -0.2) is 0 Å². The number of thioether (sulfide) groups is 2. The van der Waals surface area contributed by atoms with Crippen LogP contribution in [0, 0.1) is 0 Å². The van der Waals surface area contributed by atoms with Crippen molar-refractivity contribution in [1.82, 2.24) is 0 Å². The number of allylic oxidation sites excluding steroid dienone is 1. The van der Waals surface area contributed by atoms with Gasteiger partial charge in [0.15, 0.2) is 11.6 Å². The summed E-state index contributed by atoms with van der Waals surface area (Å²) in [7, 11) is 0. The highest BCUT2D eigenvalue weighted by Crippen LogP contribution is 2.35. The van der Waals surface area contributed by atoms with Crippen molar-refractivity contribution in [2.24, 2.45) is 0 Å². The van der Waals surface area contributed by atoms with Crippen LogP contribution in [0.5, 0.6) is 0 Å². The third kappa shape index (κ3) is 6.32. The van der Waals surface area contributed by atoms with Crippen molar-refractivity contribution in [2.45, 2.75) is 13.8 Å². The van der Waals surface area contributed by atoms with Crippen LogP contribution in [-0.2, 0) is 9.59 Å². The molecule has 0 saturated carbocycles. The van der Waals surface area contributed by atoms with Gasteiger partial charge in [0, 0.05) is 11.1 Å². The zero-order valence-corrected chi connectivity index (χ0v) is 17.3. The lowest BCUT2D eigenvalue weighted by atomic mass is 9.97. The summed E-state index contributed by atoms with van der Waals surface area (Å²) in [4.78, 5) is 49.4. The van der Waals surface area contributed by atoms with E-state index in [-0.39, 0.29) is 28.6 Å². The third-order valence-corrected chi connectivity index (χ3v) is 6.28. The molecule has 0 atom stereocenters. The number of rotatable bonds is 10. The normalized spacial score (nSPS) is 10.2. The van der Waals surface area contributed by atoms with Crippen LogP contribution in [0.1, 0.15) is 34.6 Å². The number of carbonyl (C=O) groups excluding carboxylic acids is 4. The maximum Gasteiger partial charge on any atom is 0.198 e. The molecule has 0 aliphatic heterocycles. The average Bonchev–Trinajstić information content (AvgIpc) is 2.70. The topological polar surface area (TPSA) is 68.3 Å². The molecule has 6 heteroatoms. The van der Waals surface area contributed by atoms with Crippen molar-refractivity contribution < 1.29 is 19.2 Å². The fourth-order valence-electron chi connectivity index (χ4n) is 2.28. The first-order valence-electron chi connectivity index (χ1n) is 8.58. The van der Waals surface area contributed by atoms with Gasteiger partial charge in [-0.2, -0.15) is 0 Å². The molecular weight excluding hydrogens is 392 g/mol. The Bertz CT molecular complexity index is 829. The SMILES string of the molecule is CC(=O)CSC(SCC(C)=O)=C(C(=O)c1ccccc1)C(=O)c1ccccc1. The molecule has 0 unspecified atom stereocenters. The number of benzene rings is 2. The highest BCUT2D eigenvalue weighted by atomic mass is 32.2. The van der Waals surface area contributed by atoms with Crippen LogP contribution in [0.15, 0.2) is 70.5 Å². The Kier molecular flexibility index (Phi) is 8.42. The van der Waals surface area contributed by atoms with Crippen LogP contribution in [0.3, 0.4) is 0 Å². The van der Waals surface area contributed by atoms with Crippen LogP contribution in [0.2, 0.25) is 0 Å². The van der Waals surface area contributed by atoms with Gasteiger partial charge in [0.05, 0.1) is 21.3 Å². The average molecular weight is 413 g/mol. The number of ketones is 4. The molecular formula is C22H20O4S2. The van der Waals surface area contributed by atoms with Crippen molar-refractivity contribution in [3.05, 3.63) is 81.6 Å². The monoisotopic (exact) mass is 412 g/mol. The van der Waals surface area contributed by atoms with Gasteiger partial charge in [0.2, 0.25) is 0 Å². The van der Waals surface area contributed by atoms with E-state index >= 15 is 0 Å². The molecule has 0 N–H and O–H groups in total. The minimum absolute atomic E-state index is 0.00472. The Morgan fingerprint density at radius 1 is 0.643 bits per heavy atom. The summed E-state index contributed by atoms with van der Waals surface area (Å²) in [5.41, 5.74) is 0.757. The molecule has 0 saturated heterocycles. The van der Waals surface area contributed by atoms with E-state index in [4.69, 9.17) is 0 Å². The molecule has 144 valence electrons. The Morgan fingerprint density at radius 3 is 1.32 bits per heavy atom. The summed E-state index contributed by atoms with van der Waals surface area (Å²) >= 11 is 2.25. The standard InChI is InChI=1S/C22H20O4S2/c1-15(23)13-27-22(28-14-16(2)24)19(20(25)17-9-5-3-6-10-17)21(26)18-11-7-4-8-12-18/h3-12H,13-14H2,1-2H3. The second-order valence-corrected chi connectivity index (χ2v) is 8.26. The van der Waals surface area contributed by atoms with Gasteiger partial charge >= 0.3 is 0 Å². The zero-order valence-electron chi connectivity index (χ0n) is 15.6. The fourth-order valence-corrected chi connectivity index (χ4v) is 4.29. The maximum atomic E-state index is 13.2. The van der Waals surface area contributed by atoms with E-state index in [1.807, 2.05) is 0 Å². The fraction of sp³-hybridized carbons (Fsp3) is 0.182. The number of carbonyl (C=O) groups is 4. The lowest BCUT2D eigenvalue weighted by molar-refractivity contribution is -0.115. The Morgan fingerprint density at radius 2 is 1.00 bits per heavy atom. The lowest BCUT2D eigenvalue weighted by Crippen LogP contribution is -2.16. The number of Topliss-reactive ketones (excluding diaryl/α,β-unsaturated/α-hetero) is 4. The van der Waals surface area contributed by atoms with Crippen LogP contribution in [-0.4, -0.2) is 34.6 Å². The minimum Gasteiger partial charge on any atom is -0.299 e. The molecule has 0 amide bonds. The van der Waals surface area contributed by atoms with E-state index in [1.165, 1.54) is 13.8 Å². The molecule has 2 aromatic rings. The van der Waals surface area contributed by atoms with Crippen molar-refractivity contribution in [3.8, 4) is 0 Å².